The molecule has 0 spiro atoms. The molecule has 1 N–H and O–H groups in total. The van der Waals surface area contributed by atoms with Crippen LogP contribution in [-0.2, 0) is 4.79 Å². The van der Waals surface area contributed by atoms with E-state index < -0.39 is 22.8 Å². The van der Waals surface area contributed by atoms with Crippen molar-refractivity contribution in [1.29, 1.82) is 0 Å². The lowest BCUT2D eigenvalue weighted by Gasteiger charge is -2.28. The van der Waals surface area contributed by atoms with Crippen molar-refractivity contribution >= 4 is 23.1 Å². The van der Waals surface area contributed by atoms with E-state index >= 15 is 0 Å². The molecule has 31 heavy (non-hydrogen) atoms. The van der Waals surface area contributed by atoms with Crippen LogP contribution in [0.4, 0.5) is 15.9 Å². The van der Waals surface area contributed by atoms with Crippen LogP contribution < -0.4 is 9.64 Å². The van der Waals surface area contributed by atoms with Crippen molar-refractivity contribution < 1.29 is 24.0 Å². The lowest BCUT2D eigenvalue weighted by atomic mass is 10.0. The van der Waals surface area contributed by atoms with Crippen LogP contribution in [0.15, 0.2) is 36.7 Å². The summed E-state index contributed by atoms with van der Waals surface area (Å²) < 4.78 is 21.3. The maximum absolute atomic E-state index is 14.1. The molecular weight excluding hydrogens is 409 g/mol. The molecule has 3 heterocycles. The van der Waals surface area contributed by atoms with Gasteiger partial charge < -0.3 is 14.7 Å². The molecule has 1 aliphatic rings. The fourth-order valence-electron chi connectivity index (χ4n) is 3.89. The summed E-state index contributed by atoms with van der Waals surface area (Å²) >= 11 is 0. The molecule has 0 aliphatic carbocycles. The van der Waals surface area contributed by atoms with Gasteiger partial charge in [-0.05, 0) is 44.0 Å². The molecule has 162 valence electrons. The Morgan fingerprint density at radius 2 is 2.26 bits per heavy atom. The summed E-state index contributed by atoms with van der Waals surface area (Å²) in [5, 5.41) is 24.2. The molecular formula is C20H20FN5O5. The smallest absolute Gasteiger partial charge is 0.333 e. The summed E-state index contributed by atoms with van der Waals surface area (Å²) in [5.74, 6) is -0.510. The molecule has 2 aromatic heterocycles. The fraction of sp³-hybridized carbons (Fsp3) is 0.350. The van der Waals surface area contributed by atoms with Gasteiger partial charge in [-0.1, -0.05) is 0 Å². The lowest BCUT2D eigenvalue weighted by Crippen LogP contribution is -2.25. The first-order chi connectivity index (χ1) is 14.8. The summed E-state index contributed by atoms with van der Waals surface area (Å²) in [7, 11) is 0. The predicted molar refractivity (Wildman–Crippen MR) is 108 cm³/mol. The van der Waals surface area contributed by atoms with Crippen molar-refractivity contribution in [3.05, 3.63) is 58.2 Å². The maximum atomic E-state index is 14.1. The first-order valence-electron chi connectivity index (χ1n) is 9.77. The highest BCUT2D eigenvalue weighted by molar-refractivity contribution is 5.67. The first-order valence-corrected chi connectivity index (χ1v) is 9.77. The van der Waals surface area contributed by atoms with Crippen LogP contribution >= 0.6 is 0 Å². The summed E-state index contributed by atoms with van der Waals surface area (Å²) in [6.07, 6.45) is 3.46. The first kappa shape index (κ1) is 20.5. The Kier molecular flexibility index (Phi) is 5.40. The van der Waals surface area contributed by atoms with Crippen LogP contribution in [0.2, 0.25) is 0 Å². The third kappa shape index (κ3) is 4.11. The van der Waals surface area contributed by atoms with E-state index in [0.29, 0.717) is 30.1 Å². The number of halogens is 1. The second-order valence-electron chi connectivity index (χ2n) is 7.40. The molecule has 11 heteroatoms. The highest BCUT2D eigenvalue weighted by Crippen LogP contribution is 2.40. The molecule has 0 bridgehead atoms. The van der Waals surface area contributed by atoms with Gasteiger partial charge in [0.05, 0.1) is 17.4 Å². The molecule has 2 atom stereocenters. The Labute approximate surface area is 176 Å². The molecule has 1 aromatic carbocycles. The third-order valence-electron chi connectivity index (χ3n) is 5.20. The second kappa shape index (κ2) is 8.17. The Morgan fingerprint density at radius 3 is 3.00 bits per heavy atom. The molecule has 1 saturated heterocycles. The minimum Gasteiger partial charge on any atom is -0.490 e. The van der Waals surface area contributed by atoms with Gasteiger partial charge >= 0.3 is 11.7 Å². The number of hydrogen-bond acceptors (Lipinski definition) is 7. The van der Waals surface area contributed by atoms with E-state index in [2.05, 4.69) is 10.1 Å². The number of aliphatic carboxylic acids is 1. The molecule has 3 aromatic rings. The highest BCUT2D eigenvalue weighted by Gasteiger charge is 2.31. The van der Waals surface area contributed by atoms with Crippen LogP contribution in [-0.4, -0.2) is 43.2 Å². The Bertz CT molecular complexity index is 1150. The normalized spacial score (nSPS) is 17.1. The van der Waals surface area contributed by atoms with E-state index in [9.17, 15) is 19.3 Å². The quantitative estimate of drug-likeness (QED) is 0.448. The number of benzene rings is 1. The summed E-state index contributed by atoms with van der Waals surface area (Å²) in [5.41, 5.74) is 0.508. The van der Waals surface area contributed by atoms with E-state index in [1.807, 2.05) is 4.90 Å². The summed E-state index contributed by atoms with van der Waals surface area (Å²) in [6, 6.07) is 5.57. The van der Waals surface area contributed by atoms with Crippen molar-refractivity contribution in [3.63, 3.8) is 0 Å². The zero-order valence-electron chi connectivity index (χ0n) is 16.6. The van der Waals surface area contributed by atoms with E-state index in [4.69, 9.17) is 9.84 Å². The van der Waals surface area contributed by atoms with E-state index in [1.54, 1.807) is 19.2 Å². The SMILES string of the molecule is C[C@@H](CC(=O)O)Oc1ccc(F)cc1C1CCCN1c1ccn2ncc([N+](=O)[O-])c2n1. The topological polar surface area (TPSA) is 123 Å². The fourth-order valence-corrected chi connectivity index (χ4v) is 3.89. The van der Waals surface area contributed by atoms with E-state index in [0.717, 1.165) is 12.6 Å². The lowest BCUT2D eigenvalue weighted by molar-refractivity contribution is -0.383. The zero-order chi connectivity index (χ0) is 22.1. The van der Waals surface area contributed by atoms with Crippen LogP contribution in [0, 0.1) is 15.9 Å². The van der Waals surface area contributed by atoms with Crippen LogP contribution in [0.1, 0.15) is 37.8 Å². The van der Waals surface area contributed by atoms with Crippen LogP contribution in [0.5, 0.6) is 5.75 Å². The third-order valence-corrected chi connectivity index (χ3v) is 5.20. The number of fused-ring (bicyclic) bond motifs is 1. The van der Waals surface area contributed by atoms with Crippen LogP contribution in [0.25, 0.3) is 5.65 Å². The van der Waals surface area contributed by atoms with Crippen molar-refractivity contribution in [2.45, 2.75) is 38.3 Å². The van der Waals surface area contributed by atoms with Crippen molar-refractivity contribution in [2.75, 3.05) is 11.4 Å². The van der Waals surface area contributed by atoms with Gasteiger partial charge in [-0.25, -0.2) is 13.9 Å². The van der Waals surface area contributed by atoms with Gasteiger partial charge in [0.1, 0.15) is 29.7 Å². The van der Waals surface area contributed by atoms with Gasteiger partial charge in [-0.3, -0.25) is 14.9 Å². The number of carbonyl (C=O) groups is 1. The molecule has 0 saturated carbocycles. The maximum Gasteiger partial charge on any atom is 0.333 e. The van der Waals surface area contributed by atoms with Crippen LogP contribution in [0.3, 0.4) is 0 Å². The number of carboxylic acid groups (broad SMARTS) is 1. The van der Waals surface area contributed by atoms with Gasteiger partial charge in [-0.15, -0.1) is 0 Å². The number of anilines is 1. The molecule has 0 radical (unpaired) electrons. The molecule has 10 nitrogen and oxygen atoms in total. The Hall–Kier alpha value is -3.76. The number of carboxylic acids is 1. The molecule has 1 aliphatic heterocycles. The number of ether oxygens (including phenoxy) is 1. The molecule has 1 fully saturated rings. The minimum atomic E-state index is -0.987. The Balaban J connectivity index is 1.70. The number of hydrogen-bond donors (Lipinski definition) is 1. The summed E-state index contributed by atoms with van der Waals surface area (Å²) in [4.78, 5) is 28.1. The largest absolute Gasteiger partial charge is 0.490 e. The minimum absolute atomic E-state index is 0.124. The second-order valence-corrected chi connectivity index (χ2v) is 7.40. The average Bonchev–Trinajstić information content (AvgIpc) is 3.35. The standard InChI is InChI=1S/C20H20FN5O5/c1-12(9-19(27)28)31-17-5-4-13(21)10-14(17)15-3-2-7-24(15)18-6-8-25-20(23-18)16(11-22-25)26(29)30/h4-6,8,10-12,15H,2-3,7,9H2,1H3,(H,27,28)/t12-,15?/m0/s1. The van der Waals surface area contributed by atoms with Gasteiger partial charge in [0.25, 0.3) is 0 Å². The van der Waals surface area contributed by atoms with Crippen molar-refractivity contribution in [3.8, 4) is 5.75 Å². The molecule has 4 rings (SSSR count). The number of nitrogens with zero attached hydrogens (tertiary/aromatic N) is 5. The van der Waals surface area contributed by atoms with E-state index in [1.165, 1.54) is 22.7 Å². The predicted octanol–water partition coefficient (Wildman–Crippen LogP) is 3.36. The monoisotopic (exact) mass is 429 g/mol. The Morgan fingerprint density at radius 1 is 1.45 bits per heavy atom. The van der Waals surface area contributed by atoms with Gasteiger partial charge in [0.15, 0.2) is 0 Å². The molecule has 1 unspecified atom stereocenters. The summed E-state index contributed by atoms with van der Waals surface area (Å²) in [6.45, 7) is 2.26. The highest BCUT2D eigenvalue weighted by atomic mass is 19.1. The van der Waals surface area contributed by atoms with Gasteiger partial charge in [0, 0.05) is 18.3 Å². The van der Waals surface area contributed by atoms with Gasteiger partial charge in [0.2, 0.25) is 5.65 Å². The average molecular weight is 429 g/mol. The number of rotatable bonds is 7. The van der Waals surface area contributed by atoms with E-state index in [-0.39, 0.29) is 23.8 Å². The van der Waals surface area contributed by atoms with Gasteiger partial charge in [-0.2, -0.15) is 5.10 Å². The van der Waals surface area contributed by atoms with Crippen molar-refractivity contribution in [1.82, 2.24) is 14.6 Å². The number of aromatic nitrogens is 3. The molecule has 0 amide bonds. The number of nitro groups is 1. The van der Waals surface area contributed by atoms with Crippen molar-refractivity contribution in [2.24, 2.45) is 0 Å². The zero-order valence-corrected chi connectivity index (χ0v) is 16.6.